The van der Waals surface area contributed by atoms with E-state index in [2.05, 4.69) is 15.3 Å². The summed E-state index contributed by atoms with van der Waals surface area (Å²) in [5.74, 6) is 0.313. The molecular weight excluding hydrogens is 234 g/mol. The zero-order valence-electron chi connectivity index (χ0n) is 10.3. The SMILES string of the molecule is Cc1nc(NC2CCCCC2)nc(N)c1[N+](=O)[O-]. The van der Waals surface area contributed by atoms with Gasteiger partial charge in [-0.2, -0.15) is 4.98 Å². The Balaban J connectivity index is 2.17. The molecular formula is C11H17N5O2. The zero-order valence-corrected chi connectivity index (χ0v) is 10.3. The molecule has 0 aliphatic heterocycles. The molecule has 3 N–H and O–H groups in total. The number of nitrogens with one attached hydrogen (secondary N) is 1. The lowest BCUT2D eigenvalue weighted by molar-refractivity contribution is -0.385. The highest BCUT2D eigenvalue weighted by molar-refractivity contribution is 5.57. The van der Waals surface area contributed by atoms with Crippen LogP contribution in [0, 0.1) is 17.0 Å². The van der Waals surface area contributed by atoms with Crippen LogP contribution >= 0.6 is 0 Å². The molecule has 7 nitrogen and oxygen atoms in total. The van der Waals surface area contributed by atoms with Crippen LogP contribution in [-0.4, -0.2) is 20.9 Å². The molecule has 0 bridgehead atoms. The Bertz CT molecular complexity index is 434. The Morgan fingerprint density at radius 2 is 2.00 bits per heavy atom. The predicted octanol–water partition coefficient (Wildman–Crippen LogP) is 2.02. The van der Waals surface area contributed by atoms with Gasteiger partial charge in [0.1, 0.15) is 5.69 Å². The molecule has 1 aliphatic rings. The number of aryl methyl sites for hydroxylation is 1. The van der Waals surface area contributed by atoms with Crippen LogP contribution in [-0.2, 0) is 0 Å². The first-order valence-electron chi connectivity index (χ1n) is 6.13. The van der Waals surface area contributed by atoms with Gasteiger partial charge in [-0.1, -0.05) is 19.3 Å². The molecule has 1 aromatic rings. The van der Waals surface area contributed by atoms with Crippen LogP contribution in [0.25, 0.3) is 0 Å². The fourth-order valence-corrected chi connectivity index (χ4v) is 2.31. The maximum Gasteiger partial charge on any atom is 0.332 e. The third-order valence-electron chi connectivity index (χ3n) is 3.21. The molecule has 0 amide bonds. The first kappa shape index (κ1) is 12.5. The van der Waals surface area contributed by atoms with Crippen molar-refractivity contribution in [2.45, 2.75) is 45.1 Å². The van der Waals surface area contributed by atoms with Gasteiger partial charge in [0.15, 0.2) is 0 Å². The molecule has 1 aromatic heterocycles. The number of rotatable bonds is 3. The quantitative estimate of drug-likeness (QED) is 0.628. The Morgan fingerprint density at radius 1 is 1.33 bits per heavy atom. The lowest BCUT2D eigenvalue weighted by atomic mass is 9.96. The summed E-state index contributed by atoms with van der Waals surface area (Å²) < 4.78 is 0. The van der Waals surface area contributed by atoms with E-state index in [4.69, 9.17) is 5.73 Å². The first-order chi connectivity index (χ1) is 8.58. The van der Waals surface area contributed by atoms with Gasteiger partial charge < -0.3 is 11.1 Å². The summed E-state index contributed by atoms with van der Waals surface area (Å²) in [6.07, 6.45) is 5.82. The fourth-order valence-electron chi connectivity index (χ4n) is 2.31. The molecule has 0 spiro atoms. The van der Waals surface area contributed by atoms with Crippen LogP contribution in [0.5, 0.6) is 0 Å². The lowest BCUT2D eigenvalue weighted by Gasteiger charge is -2.22. The van der Waals surface area contributed by atoms with E-state index in [0.29, 0.717) is 17.7 Å². The maximum absolute atomic E-state index is 10.8. The summed E-state index contributed by atoms with van der Waals surface area (Å²) in [6.45, 7) is 1.57. The number of nitrogen functional groups attached to an aromatic ring is 1. The van der Waals surface area contributed by atoms with E-state index >= 15 is 0 Å². The zero-order chi connectivity index (χ0) is 13.1. The molecule has 0 saturated heterocycles. The van der Waals surface area contributed by atoms with E-state index in [9.17, 15) is 10.1 Å². The standard InChI is InChI=1S/C11H17N5O2/c1-7-9(16(17)18)10(12)15-11(13-7)14-8-5-3-2-4-6-8/h8H,2-6H2,1H3,(H3,12,13,14,15). The average Bonchev–Trinajstić information content (AvgIpc) is 2.28. The first-order valence-corrected chi connectivity index (χ1v) is 6.13. The highest BCUT2D eigenvalue weighted by Crippen LogP contribution is 2.25. The number of nitrogens with two attached hydrogens (primary N) is 1. The van der Waals surface area contributed by atoms with Gasteiger partial charge in [-0.05, 0) is 19.8 Å². The molecule has 7 heteroatoms. The van der Waals surface area contributed by atoms with Gasteiger partial charge in [-0.3, -0.25) is 10.1 Å². The lowest BCUT2D eigenvalue weighted by Crippen LogP contribution is -2.24. The molecule has 98 valence electrons. The van der Waals surface area contributed by atoms with Crippen molar-refractivity contribution in [2.75, 3.05) is 11.1 Å². The highest BCUT2D eigenvalue weighted by Gasteiger charge is 2.21. The van der Waals surface area contributed by atoms with E-state index in [0.717, 1.165) is 12.8 Å². The molecule has 0 aromatic carbocycles. The number of nitrogens with zero attached hydrogens (tertiary/aromatic N) is 3. The van der Waals surface area contributed by atoms with E-state index < -0.39 is 4.92 Å². The second-order valence-corrected chi connectivity index (χ2v) is 4.60. The van der Waals surface area contributed by atoms with Crippen LogP contribution in [0.15, 0.2) is 0 Å². The van der Waals surface area contributed by atoms with Crippen LogP contribution in [0.2, 0.25) is 0 Å². The Morgan fingerprint density at radius 3 is 2.56 bits per heavy atom. The smallest absolute Gasteiger partial charge is 0.332 e. The van der Waals surface area contributed by atoms with Gasteiger partial charge in [-0.15, -0.1) is 0 Å². The highest BCUT2D eigenvalue weighted by atomic mass is 16.6. The summed E-state index contributed by atoms with van der Waals surface area (Å²) in [4.78, 5) is 18.3. The maximum atomic E-state index is 10.8. The average molecular weight is 251 g/mol. The van der Waals surface area contributed by atoms with E-state index in [1.54, 1.807) is 6.92 Å². The molecule has 0 unspecified atom stereocenters. The van der Waals surface area contributed by atoms with Gasteiger partial charge >= 0.3 is 5.69 Å². The number of anilines is 2. The van der Waals surface area contributed by atoms with Crippen molar-refractivity contribution in [3.63, 3.8) is 0 Å². The van der Waals surface area contributed by atoms with Gasteiger partial charge in [0.05, 0.1) is 4.92 Å². The molecule has 1 saturated carbocycles. The van der Waals surface area contributed by atoms with Crippen molar-refractivity contribution >= 4 is 17.5 Å². The minimum atomic E-state index is -0.547. The largest absolute Gasteiger partial charge is 0.378 e. The second-order valence-electron chi connectivity index (χ2n) is 4.60. The summed E-state index contributed by atoms with van der Waals surface area (Å²) in [7, 11) is 0. The van der Waals surface area contributed by atoms with Crippen molar-refractivity contribution in [3.05, 3.63) is 15.8 Å². The van der Waals surface area contributed by atoms with Crippen molar-refractivity contribution in [1.82, 2.24) is 9.97 Å². The number of aromatic nitrogens is 2. The van der Waals surface area contributed by atoms with Crippen LogP contribution < -0.4 is 11.1 Å². The molecule has 18 heavy (non-hydrogen) atoms. The molecule has 1 fully saturated rings. The van der Waals surface area contributed by atoms with Gasteiger partial charge in [0.25, 0.3) is 0 Å². The van der Waals surface area contributed by atoms with E-state index in [1.165, 1.54) is 19.3 Å². The molecule has 1 heterocycles. The topological polar surface area (TPSA) is 107 Å². The van der Waals surface area contributed by atoms with Gasteiger partial charge in [0.2, 0.25) is 11.8 Å². The predicted molar refractivity (Wildman–Crippen MR) is 68.3 cm³/mol. The summed E-state index contributed by atoms with van der Waals surface area (Å²) in [5.41, 5.74) is 5.69. The Hall–Kier alpha value is -1.92. The third kappa shape index (κ3) is 2.66. The van der Waals surface area contributed by atoms with Crippen LogP contribution in [0.1, 0.15) is 37.8 Å². The van der Waals surface area contributed by atoms with Gasteiger partial charge in [0, 0.05) is 6.04 Å². The molecule has 2 rings (SSSR count). The molecule has 0 atom stereocenters. The van der Waals surface area contributed by atoms with Crippen molar-refractivity contribution in [2.24, 2.45) is 0 Å². The van der Waals surface area contributed by atoms with Crippen LogP contribution in [0.4, 0.5) is 17.5 Å². The van der Waals surface area contributed by atoms with E-state index in [-0.39, 0.29) is 11.5 Å². The van der Waals surface area contributed by atoms with Crippen LogP contribution in [0.3, 0.4) is 0 Å². The minimum Gasteiger partial charge on any atom is -0.378 e. The monoisotopic (exact) mass is 251 g/mol. The Kier molecular flexibility index (Phi) is 3.59. The minimum absolute atomic E-state index is 0.0780. The van der Waals surface area contributed by atoms with Crippen molar-refractivity contribution in [3.8, 4) is 0 Å². The molecule has 0 radical (unpaired) electrons. The number of nitro groups is 1. The third-order valence-corrected chi connectivity index (χ3v) is 3.21. The Labute approximate surface area is 105 Å². The van der Waals surface area contributed by atoms with E-state index in [1.807, 2.05) is 0 Å². The summed E-state index contributed by atoms with van der Waals surface area (Å²) >= 11 is 0. The summed E-state index contributed by atoms with van der Waals surface area (Å²) in [5, 5.41) is 14.0. The summed E-state index contributed by atoms with van der Waals surface area (Å²) in [6, 6.07) is 0.346. The number of hydrogen-bond acceptors (Lipinski definition) is 6. The molecule has 1 aliphatic carbocycles. The van der Waals surface area contributed by atoms with Gasteiger partial charge in [-0.25, -0.2) is 4.98 Å². The fraction of sp³-hybridized carbons (Fsp3) is 0.636. The van der Waals surface area contributed by atoms with Crippen molar-refractivity contribution in [1.29, 1.82) is 0 Å². The van der Waals surface area contributed by atoms with Crippen molar-refractivity contribution < 1.29 is 4.92 Å². The normalized spacial score (nSPS) is 16.5. The number of hydrogen-bond donors (Lipinski definition) is 2. The second kappa shape index (κ2) is 5.16.